The van der Waals surface area contributed by atoms with E-state index in [1.54, 1.807) is 35.2 Å². The molecule has 4 nitrogen and oxygen atoms in total. The Morgan fingerprint density at radius 3 is 2.44 bits per heavy atom. The number of carbonyl (C=O) groups is 1. The molecule has 1 aliphatic carbocycles. The summed E-state index contributed by atoms with van der Waals surface area (Å²) in [6.07, 6.45) is 1.07. The largest absolute Gasteiger partial charge is 0.375 e. The number of likely N-dealkylation sites (tertiary alicyclic amines) is 1. The fourth-order valence-corrected chi connectivity index (χ4v) is 4.64. The molecule has 0 spiro atoms. The van der Waals surface area contributed by atoms with E-state index < -0.39 is 29.8 Å². The van der Waals surface area contributed by atoms with E-state index in [-0.39, 0.29) is 12.8 Å². The number of piperidine rings is 1. The first-order valence-corrected chi connectivity index (χ1v) is 9.93. The van der Waals surface area contributed by atoms with Crippen molar-refractivity contribution in [1.82, 2.24) is 4.90 Å². The first-order chi connectivity index (χ1) is 12.8. The number of hydrogen-bond donors (Lipinski definition) is 2. The highest BCUT2D eigenvalue weighted by Gasteiger charge is 2.54. The van der Waals surface area contributed by atoms with Crippen LogP contribution in [0.5, 0.6) is 0 Å². The maximum absolute atomic E-state index is 13.9. The molecular formula is C21H30F2N2O2. The van der Waals surface area contributed by atoms with Gasteiger partial charge in [0.1, 0.15) is 0 Å². The topological polar surface area (TPSA) is 66.6 Å². The zero-order valence-electron chi connectivity index (χ0n) is 15.9. The van der Waals surface area contributed by atoms with E-state index in [1.165, 1.54) is 0 Å². The smallest absolute Gasteiger partial charge is 0.259 e. The van der Waals surface area contributed by atoms with Crippen LogP contribution in [0.4, 0.5) is 8.78 Å². The van der Waals surface area contributed by atoms with E-state index in [2.05, 4.69) is 6.92 Å². The van der Waals surface area contributed by atoms with Gasteiger partial charge < -0.3 is 15.7 Å². The highest BCUT2D eigenvalue weighted by Crippen LogP contribution is 2.48. The van der Waals surface area contributed by atoms with Crippen molar-refractivity contribution >= 4 is 5.91 Å². The van der Waals surface area contributed by atoms with Crippen LogP contribution in [0, 0.1) is 17.8 Å². The molecule has 3 N–H and O–H groups in total. The molecule has 0 bridgehead atoms. The maximum atomic E-state index is 13.9. The van der Waals surface area contributed by atoms with Crippen molar-refractivity contribution in [3.63, 3.8) is 0 Å². The summed E-state index contributed by atoms with van der Waals surface area (Å²) in [5, 5.41) is 11.5. The number of nitrogens with zero attached hydrogens (tertiary/aromatic N) is 1. The number of nitrogens with two attached hydrogens (primary N) is 1. The Morgan fingerprint density at radius 2 is 1.93 bits per heavy atom. The average molecular weight is 380 g/mol. The third-order valence-corrected chi connectivity index (χ3v) is 6.54. The predicted octanol–water partition coefficient (Wildman–Crippen LogP) is 3.14. The van der Waals surface area contributed by atoms with E-state index in [1.807, 2.05) is 0 Å². The molecule has 1 amide bonds. The first kappa shape index (κ1) is 20.2. The summed E-state index contributed by atoms with van der Waals surface area (Å²) >= 11 is 0. The number of alkyl halides is 2. The molecule has 3 rings (SSSR count). The number of hydrogen-bond acceptors (Lipinski definition) is 3. The molecule has 6 heteroatoms. The second-order valence-electron chi connectivity index (χ2n) is 8.27. The molecule has 1 aliphatic heterocycles. The summed E-state index contributed by atoms with van der Waals surface area (Å²) < 4.78 is 27.8. The second-order valence-corrected chi connectivity index (χ2v) is 8.27. The highest BCUT2D eigenvalue weighted by molar-refractivity contribution is 5.87. The molecule has 1 aromatic rings. The van der Waals surface area contributed by atoms with Crippen LogP contribution < -0.4 is 5.73 Å². The highest BCUT2D eigenvalue weighted by atomic mass is 19.3. The summed E-state index contributed by atoms with van der Waals surface area (Å²) in [6.45, 7) is 3.80. The van der Waals surface area contributed by atoms with Crippen LogP contribution in [-0.4, -0.2) is 41.5 Å². The Bertz CT molecular complexity index is 647. The quantitative estimate of drug-likeness (QED) is 0.825. The van der Waals surface area contributed by atoms with Gasteiger partial charge in [0.2, 0.25) is 5.92 Å². The molecule has 1 heterocycles. The average Bonchev–Trinajstić information content (AvgIpc) is 3.07. The van der Waals surface area contributed by atoms with Gasteiger partial charge in [0.15, 0.2) is 5.60 Å². The van der Waals surface area contributed by atoms with E-state index in [0.717, 1.165) is 12.8 Å². The Kier molecular flexibility index (Phi) is 5.87. The maximum Gasteiger partial charge on any atom is 0.259 e. The van der Waals surface area contributed by atoms with Crippen molar-refractivity contribution in [2.45, 2.75) is 50.6 Å². The minimum absolute atomic E-state index is 0.144. The van der Waals surface area contributed by atoms with Crippen molar-refractivity contribution < 1.29 is 18.7 Å². The minimum atomic E-state index is -2.82. The Labute approximate surface area is 159 Å². The lowest BCUT2D eigenvalue weighted by molar-refractivity contribution is -0.162. The van der Waals surface area contributed by atoms with Gasteiger partial charge in [0.25, 0.3) is 5.91 Å². The van der Waals surface area contributed by atoms with Gasteiger partial charge in [-0.2, -0.15) is 0 Å². The summed E-state index contributed by atoms with van der Waals surface area (Å²) in [7, 11) is 0. The molecule has 150 valence electrons. The van der Waals surface area contributed by atoms with E-state index >= 15 is 0 Å². The van der Waals surface area contributed by atoms with Crippen LogP contribution in [0.2, 0.25) is 0 Å². The number of benzene rings is 1. The Hall–Kier alpha value is -1.53. The zero-order chi connectivity index (χ0) is 19.7. The number of carbonyl (C=O) groups excluding carboxylic acids is 1. The second kappa shape index (κ2) is 7.84. The number of halogens is 2. The molecule has 0 aromatic heterocycles. The van der Waals surface area contributed by atoms with Crippen LogP contribution in [0.15, 0.2) is 30.3 Å². The van der Waals surface area contributed by atoms with Crippen molar-refractivity contribution in [2.24, 2.45) is 23.5 Å². The fraction of sp³-hybridized carbons (Fsp3) is 0.667. The van der Waals surface area contributed by atoms with Crippen molar-refractivity contribution in [3.05, 3.63) is 35.9 Å². The molecule has 27 heavy (non-hydrogen) atoms. The van der Waals surface area contributed by atoms with Crippen LogP contribution in [0.3, 0.4) is 0 Å². The van der Waals surface area contributed by atoms with E-state index in [9.17, 15) is 18.7 Å². The summed E-state index contributed by atoms with van der Waals surface area (Å²) in [5.41, 5.74) is 4.28. The monoisotopic (exact) mass is 380 g/mol. The lowest BCUT2D eigenvalue weighted by atomic mass is 9.78. The lowest BCUT2D eigenvalue weighted by Crippen LogP contribution is -2.53. The van der Waals surface area contributed by atoms with Crippen molar-refractivity contribution in [1.29, 1.82) is 0 Å². The van der Waals surface area contributed by atoms with Crippen molar-refractivity contribution in [3.8, 4) is 0 Å². The number of rotatable bonds is 5. The van der Waals surface area contributed by atoms with Gasteiger partial charge in [0.05, 0.1) is 0 Å². The molecule has 2 fully saturated rings. The third kappa shape index (κ3) is 4.02. The minimum Gasteiger partial charge on any atom is -0.375 e. The molecule has 2 aliphatic rings. The van der Waals surface area contributed by atoms with E-state index in [0.29, 0.717) is 37.0 Å². The Balaban J connectivity index is 1.83. The van der Waals surface area contributed by atoms with Crippen LogP contribution >= 0.6 is 0 Å². The van der Waals surface area contributed by atoms with Crippen LogP contribution in [-0.2, 0) is 10.4 Å². The molecular weight excluding hydrogens is 350 g/mol. The van der Waals surface area contributed by atoms with Gasteiger partial charge >= 0.3 is 0 Å². The Morgan fingerprint density at radius 1 is 1.30 bits per heavy atom. The van der Waals surface area contributed by atoms with Crippen LogP contribution in [0.25, 0.3) is 0 Å². The summed E-state index contributed by atoms with van der Waals surface area (Å²) in [6, 6.07) is 8.58. The molecule has 1 aromatic carbocycles. The summed E-state index contributed by atoms with van der Waals surface area (Å²) in [5.74, 6) is -3.18. The number of aliphatic hydroxyl groups is 1. The molecule has 1 saturated heterocycles. The first-order valence-electron chi connectivity index (χ1n) is 9.93. The van der Waals surface area contributed by atoms with Crippen molar-refractivity contribution in [2.75, 3.05) is 19.6 Å². The molecule has 3 unspecified atom stereocenters. The van der Waals surface area contributed by atoms with Gasteiger partial charge in [-0.15, -0.1) is 0 Å². The number of amides is 1. The van der Waals surface area contributed by atoms with Gasteiger partial charge in [-0.25, -0.2) is 8.78 Å². The molecule has 0 radical (unpaired) electrons. The van der Waals surface area contributed by atoms with Gasteiger partial charge in [-0.05, 0) is 43.2 Å². The zero-order valence-corrected chi connectivity index (χ0v) is 15.9. The summed E-state index contributed by atoms with van der Waals surface area (Å²) in [4.78, 5) is 15.0. The third-order valence-electron chi connectivity index (χ3n) is 6.54. The fourth-order valence-electron chi connectivity index (χ4n) is 4.64. The van der Waals surface area contributed by atoms with Crippen LogP contribution in [0.1, 0.15) is 44.6 Å². The normalized spacial score (nSPS) is 26.6. The predicted molar refractivity (Wildman–Crippen MR) is 100 cm³/mol. The lowest BCUT2D eigenvalue weighted by Gasteiger charge is -2.41. The van der Waals surface area contributed by atoms with Gasteiger partial charge in [0, 0.05) is 31.8 Å². The van der Waals surface area contributed by atoms with Gasteiger partial charge in [-0.1, -0.05) is 37.3 Å². The SMILES string of the molecule is CC(CN)C1CCN(C(=O)C(O)(c2ccccc2)C2CCC(F)(F)C2)CC1. The molecule has 1 saturated carbocycles. The van der Waals surface area contributed by atoms with Gasteiger partial charge in [-0.3, -0.25) is 4.79 Å². The van der Waals surface area contributed by atoms with E-state index in [4.69, 9.17) is 5.73 Å². The standard InChI is InChI=1S/C21H30F2N2O2/c1-15(14-24)16-8-11-25(12-9-16)19(26)21(27,17-5-3-2-4-6-17)18-7-10-20(22,23)13-18/h2-6,15-16,18,27H,7-14,24H2,1H3. The molecule has 3 atom stereocenters.